The van der Waals surface area contributed by atoms with Crippen molar-refractivity contribution in [3.63, 3.8) is 0 Å². The summed E-state index contributed by atoms with van der Waals surface area (Å²) >= 11 is 0. The maximum absolute atomic E-state index is 14.0. The number of halogens is 6. The van der Waals surface area contributed by atoms with Crippen LogP contribution in [0.15, 0.2) is 84.9 Å². The summed E-state index contributed by atoms with van der Waals surface area (Å²) in [5, 5.41) is 0. The number of hydrogen-bond donors (Lipinski definition) is 0. The number of ether oxygens (including phenoxy) is 3. The van der Waals surface area contributed by atoms with Crippen molar-refractivity contribution >= 4 is 0 Å². The molecule has 47 heavy (non-hydrogen) atoms. The van der Waals surface area contributed by atoms with Crippen LogP contribution in [-0.2, 0) is 36.5 Å². The average Bonchev–Trinajstić information content (AvgIpc) is 3.96. The van der Waals surface area contributed by atoms with Crippen LogP contribution in [0.25, 0.3) is 0 Å². The SMILES string of the molecule is Cc1ccc(Oc2ccc(COC3C[C@@H]3Cc3ccc(Oc4ccc(CCCC5CC5)cc4)cc3C(F)(F)F)cc2)cc1C(F)(F)F. The summed E-state index contributed by atoms with van der Waals surface area (Å²) < 4.78 is 99.2. The minimum Gasteiger partial charge on any atom is -0.457 e. The van der Waals surface area contributed by atoms with Gasteiger partial charge in [-0.3, -0.25) is 0 Å². The van der Waals surface area contributed by atoms with E-state index in [2.05, 4.69) is 0 Å². The summed E-state index contributed by atoms with van der Waals surface area (Å²) in [5.74, 6) is 1.94. The Balaban J connectivity index is 0.997. The Bertz CT molecular complexity index is 1660. The molecule has 0 heterocycles. The molecule has 0 N–H and O–H groups in total. The molecule has 4 aromatic carbocycles. The molecule has 2 aliphatic carbocycles. The fourth-order valence-corrected chi connectivity index (χ4v) is 5.81. The van der Waals surface area contributed by atoms with Crippen molar-refractivity contribution in [1.29, 1.82) is 0 Å². The lowest BCUT2D eigenvalue weighted by Crippen LogP contribution is -2.11. The van der Waals surface area contributed by atoms with Gasteiger partial charge in [-0.15, -0.1) is 0 Å². The van der Waals surface area contributed by atoms with E-state index < -0.39 is 23.5 Å². The zero-order valence-electron chi connectivity index (χ0n) is 26.0. The normalized spacial score (nSPS) is 17.9. The minimum absolute atomic E-state index is 0.0395. The highest BCUT2D eigenvalue weighted by molar-refractivity contribution is 5.42. The number of benzene rings is 4. The summed E-state index contributed by atoms with van der Waals surface area (Å²) in [6, 6.07) is 22.3. The molecule has 6 rings (SSSR count). The predicted octanol–water partition coefficient (Wildman–Crippen LogP) is 11.5. The quantitative estimate of drug-likeness (QED) is 0.134. The fourth-order valence-electron chi connectivity index (χ4n) is 5.81. The Morgan fingerprint density at radius 2 is 1.21 bits per heavy atom. The highest BCUT2D eigenvalue weighted by Gasteiger charge is 2.41. The molecular weight excluding hydrogens is 618 g/mol. The molecule has 1 unspecified atom stereocenters. The maximum atomic E-state index is 14.0. The number of alkyl halides is 6. The number of rotatable bonds is 13. The molecule has 2 aliphatic rings. The molecule has 4 aromatic rings. The van der Waals surface area contributed by atoms with Gasteiger partial charge in [0.15, 0.2) is 0 Å². The molecule has 2 atom stereocenters. The van der Waals surface area contributed by atoms with E-state index in [1.165, 1.54) is 49.9 Å². The van der Waals surface area contributed by atoms with E-state index in [0.717, 1.165) is 36.5 Å². The van der Waals surface area contributed by atoms with Crippen LogP contribution < -0.4 is 9.47 Å². The van der Waals surface area contributed by atoms with E-state index in [-0.39, 0.29) is 47.7 Å². The van der Waals surface area contributed by atoms with Crippen molar-refractivity contribution in [2.75, 3.05) is 0 Å². The Labute approximate surface area is 270 Å². The summed E-state index contributed by atoms with van der Waals surface area (Å²) in [6.45, 7) is 1.64. The highest BCUT2D eigenvalue weighted by Crippen LogP contribution is 2.42. The zero-order valence-corrected chi connectivity index (χ0v) is 26.0. The summed E-state index contributed by atoms with van der Waals surface area (Å²) in [6.07, 6.45) is -2.22. The lowest BCUT2D eigenvalue weighted by atomic mass is 10.0. The minimum atomic E-state index is -4.53. The van der Waals surface area contributed by atoms with Crippen LogP contribution in [0.4, 0.5) is 26.3 Å². The lowest BCUT2D eigenvalue weighted by Gasteiger charge is -2.15. The second kappa shape index (κ2) is 13.6. The summed E-state index contributed by atoms with van der Waals surface area (Å²) in [5.41, 5.74) is 0.872. The molecule has 3 nitrogen and oxygen atoms in total. The third-order valence-corrected chi connectivity index (χ3v) is 8.80. The average molecular weight is 655 g/mol. The molecule has 0 radical (unpaired) electrons. The van der Waals surface area contributed by atoms with Gasteiger partial charge < -0.3 is 14.2 Å². The monoisotopic (exact) mass is 654 g/mol. The zero-order chi connectivity index (χ0) is 33.2. The van der Waals surface area contributed by atoms with E-state index in [0.29, 0.717) is 17.9 Å². The third kappa shape index (κ3) is 9.10. The van der Waals surface area contributed by atoms with Crippen LogP contribution in [0.1, 0.15) is 65.5 Å². The van der Waals surface area contributed by atoms with Gasteiger partial charge in [0.1, 0.15) is 23.0 Å². The molecule has 0 aliphatic heterocycles. The number of aryl methyl sites for hydroxylation is 2. The predicted molar refractivity (Wildman–Crippen MR) is 167 cm³/mol. The summed E-state index contributed by atoms with van der Waals surface area (Å²) in [7, 11) is 0. The van der Waals surface area contributed by atoms with Gasteiger partial charge in [0.2, 0.25) is 0 Å². The van der Waals surface area contributed by atoms with Gasteiger partial charge >= 0.3 is 12.4 Å². The van der Waals surface area contributed by atoms with Gasteiger partial charge in [0.25, 0.3) is 0 Å². The third-order valence-electron chi connectivity index (χ3n) is 8.80. The van der Waals surface area contributed by atoms with Crippen LogP contribution in [0.3, 0.4) is 0 Å². The standard InChI is InChI=1S/C38H36F6O3/c1-24-5-13-32(21-34(24)37(39,40)41)46-31-16-10-27(11-17-31)23-45-36-20-29(36)19-28-12-18-33(22-35(28)38(42,43)44)47-30-14-8-26(9-15-30)4-2-3-25-6-7-25/h5,8-18,21-22,25,29,36H,2-4,6-7,19-20,23H2,1H3/t29-,36?/m0/s1. The molecule has 0 aromatic heterocycles. The Morgan fingerprint density at radius 3 is 1.81 bits per heavy atom. The Kier molecular flexibility index (Phi) is 9.55. The van der Waals surface area contributed by atoms with Gasteiger partial charge in [0, 0.05) is 0 Å². The summed E-state index contributed by atoms with van der Waals surface area (Å²) in [4.78, 5) is 0. The van der Waals surface area contributed by atoms with Crippen LogP contribution >= 0.6 is 0 Å². The van der Waals surface area contributed by atoms with Crippen molar-refractivity contribution < 1.29 is 40.6 Å². The van der Waals surface area contributed by atoms with E-state index in [4.69, 9.17) is 14.2 Å². The molecule has 0 saturated heterocycles. The first-order valence-corrected chi connectivity index (χ1v) is 15.9. The van der Waals surface area contributed by atoms with Crippen LogP contribution in [0, 0.1) is 18.8 Å². The maximum Gasteiger partial charge on any atom is 0.416 e. The second-order valence-corrected chi connectivity index (χ2v) is 12.7. The van der Waals surface area contributed by atoms with Crippen molar-refractivity contribution in [2.24, 2.45) is 11.8 Å². The molecule has 2 fully saturated rings. The van der Waals surface area contributed by atoms with Gasteiger partial charge in [-0.25, -0.2) is 0 Å². The molecular formula is C38H36F6O3. The first-order valence-electron chi connectivity index (χ1n) is 15.9. The molecule has 9 heteroatoms. The smallest absolute Gasteiger partial charge is 0.416 e. The van der Waals surface area contributed by atoms with Crippen molar-refractivity contribution in [3.8, 4) is 23.0 Å². The molecule has 248 valence electrons. The van der Waals surface area contributed by atoms with Crippen LogP contribution in [-0.4, -0.2) is 6.10 Å². The molecule has 0 amide bonds. The Hall–Kier alpha value is -3.98. The molecule has 0 spiro atoms. The van der Waals surface area contributed by atoms with Crippen molar-refractivity contribution in [3.05, 3.63) is 118 Å². The van der Waals surface area contributed by atoms with E-state index >= 15 is 0 Å². The molecule has 0 bridgehead atoms. The van der Waals surface area contributed by atoms with Gasteiger partial charge in [0.05, 0.1) is 23.8 Å². The first kappa shape index (κ1) is 32.9. The van der Waals surface area contributed by atoms with Crippen molar-refractivity contribution in [2.45, 2.75) is 76.9 Å². The molecule has 2 saturated carbocycles. The van der Waals surface area contributed by atoms with Crippen LogP contribution in [0.5, 0.6) is 23.0 Å². The van der Waals surface area contributed by atoms with E-state index in [1.54, 1.807) is 42.5 Å². The fraction of sp³-hybridized carbons (Fsp3) is 0.368. The Morgan fingerprint density at radius 1 is 0.660 bits per heavy atom. The number of hydrogen-bond acceptors (Lipinski definition) is 3. The lowest BCUT2D eigenvalue weighted by molar-refractivity contribution is -0.139. The second-order valence-electron chi connectivity index (χ2n) is 12.7. The van der Waals surface area contributed by atoms with E-state index in [1.807, 2.05) is 12.1 Å². The van der Waals surface area contributed by atoms with Gasteiger partial charge in [-0.05, 0) is 115 Å². The topological polar surface area (TPSA) is 27.7 Å². The first-order chi connectivity index (χ1) is 22.4. The largest absolute Gasteiger partial charge is 0.457 e. The van der Waals surface area contributed by atoms with Crippen molar-refractivity contribution in [1.82, 2.24) is 0 Å². The highest BCUT2D eigenvalue weighted by atomic mass is 19.4. The van der Waals surface area contributed by atoms with E-state index in [9.17, 15) is 26.3 Å². The van der Waals surface area contributed by atoms with Gasteiger partial charge in [-0.2, -0.15) is 26.3 Å². The van der Waals surface area contributed by atoms with Gasteiger partial charge in [-0.1, -0.05) is 55.7 Å². The van der Waals surface area contributed by atoms with Crippen LogP contribution in [0.2, 0.25) is 0 Å².